The molecule has 28 heavy (non-hydrogen) atoms. The van der Waals surface area contributed by atoms with Crippen molar-refractivity contribution in [2.45, 2.75) is 13.5 Å². The minimum atomic E-state index is -0.295. The topological polar surface area (TPSA) is 36.4 Å². The average Bonchev–Trinajstić information content (AvgIpc) is 3.08. The molecule has 0 saturated heterocycles. The normalized spacial score (nSPS) is 11.0. The number of carbonyl (C=O) groups is 1. The number of nitrogens with zero attached hydrogens (tertiary/aromatic N) is 3. The molecule has 6 heteroatoms. The zero-order chi connectivity index (χ0) is 20.1. The lowest BCUT2D eigenvalue weighted by Gasteiger charge is -2.24. The van der Waals surface area contributed by atoms with Crippen LogP contribution in [0.25, 0.3) is 10.6 Å². The van der Waals surface area contributed by atoms with E-state index in [1.807, 2.05) is 56.3 Å². The molecule has 1 aromatic heterocycles. The summed E-state index contributed by atoms with van der Waals surface area (Å²) in [6.45, 7) is 3.29. The van der Waals surface area contributed by atoms with Gasteiger partial charge >= 0.3 is 0 Å². The van der Waals surface area contributed by atoms with Gasteiger partial charge in [-0.15, -0.1) is 11.3 Å². The van der Waals surface area contributed by atoms with Gasteiger partial charge in [0.25, 0.3) is 5.91 Å². The molecule has 3 rings (SSSR count). The Kier molecular flexibility index (Phi) is 6.54. The van der Waals surface area contributed by atoms with Crippen LogP contribution < -0.4 is 0 Å². The zero-order valence-corrected chi connectivity index (χ0v) is 17.2. The lowest BCUT2D eigenvalue weighted by atomic mass is 10.2. The highest BCUT2D eigenvalue weighted by atomic mass is 32.1. The van der Waals surface area contributed by atoms with Crippen molar-refractivity contribution in [3.05, 3.63) is 76.5 Å². The molecule has 0 aliphatic carbocycles. The monoisotopic (exact) mass is 397 g/mol. The molecule has 0 N–H and O–H groups in total. The van der Waals surface area contributed by atoms with E-state index in [0.29, 0.717) is 29.2 Å². The molecular formula is C22H24FN3OS. The number of hydrogen-bond acceptors (Lipinski definition) is 4. The van der Waals surface area contributed by atoms with Crippen LogP contribution in [0.15, 0.2) is 54.6 Å². The molecule has 0 atom stereocenters. The number of thiazole rings is 1. The summed E-state index contributed by atoms with van der Waals surface area (Å²) in [5.41, 5.74) is 2.21. The number of hydrogen-bond donors (Lipinski definition) is 0. The summed E-state index contributed by atoms with van der Waals surface area (Å²) in [5, 5.41) is 0.819. The van der Waals surface area contributed by atoms with Crippen molar-refractivity contribution in [2.75, 3.05) is 27.2 Å². The van der Waals surface area contributed by atoms with E-state index in [2.05, 4.69) is 4.98 Å². The molecule has 0 aliphatic rings. The Morgan fingerprint density at radius 1 is 1.04 bits per heavy atom. The summed E-state index contributed by atoms with van der Waals surface area (Å²) in [6, 6.07) is 16.4. The molecule has 0 spiro atoms. The first kappa shape index (κ1) is 20.2. The van der Waals surface area contributed by atoms with Gasteiger partial charge in [-0.25, -0.2) is 9.37 Å². The summed E-state index contributed by atoms with van der Waals surface area (Å²) in [6.07, 6.45) is 0. The number of halogens is 1. The van der Waals surface area contributed by atoms with Crippen LogP contribution in [0.5, 0.6) is 0 Å². The molecule has 0 unspecified atom stereocenters. The smallest absolute Gasteiger partial charge is 0.266 e. The third-order valence-corrected chi connectivity index (χ3v) is 5.63. The van der Waals surface area contributed by atoms with Gasteiger partial charge < -0.3 is 9.80 Å². The number of rotatable bonds is 7. The van der Waals surface area contributed by atoms with Crippen LogP contribution in [0.3, 0.4) is 0 Å². The van der Waals surface area contributed by atoms with E-state index < -0.39 is 0 Å². The SMILES string of the molecule is Cc1nc(-c2ccccc2)sc1C(=O)N(CCN(C)C)Cc1ccccc1F. The molecular weight excluding hydrogens is 373 g/mol. The van der Waals surface area contributed by atoms with E-state index >= 15 is 0 Å². The van der Waals surface area contributed by atoms with Crippen LogP contribution in [0.2, 0.25) is 0 Å². The molecule has 146 valence electrons. The molecule has 1 amide bonds. The van der Waals surface area contributed by atoms with Gasteiger partial charge in [0.05, 0.1) is 5.69 Å². The molecule has 0 aliphatic heterocycles. The lowest BCUT2D eigenvalue weighted by Crippen LogP contribution is -2.36. The highest BCUT2D eigenvalue weighted by Gasteiger charge is 2.23. The standard InChI is InChI=1S/C22H24FN3OS/c1-16-20(28-21(24-16)17-9-5-4-6-10-17)22(27)26(14-13-25(2)3)15-18-11-7-8-12-19(18)23/h4-12H,13-15H2,1-3H3. The van der Waals surface area contributed by atoms with Gasteiger partial charge in [-0.3, -0.25) is 4.79 Å². The van der Waals surface area contributed by atoms with E-state index in [1.165, 1.54) is 17.4 Å². The van der Waals surface area contributed by atoms with Gasteiger partial charge in [0.15, 0.2) is 0 Å². The fourth-order valence-electron chi connectivity index (χ4n) is 2.85. The molecule has 0 radical (unpaired) electrons. The number of carbonyl (C=O) groups excluding carboxylic acids is 1. The second-order valence-corrected chi connectivity index (χ2v) is 7.92. The van der Waals surface area contributed by atoms with Crippen molar-refractivity contribution in [3.63, 3.8) is 0 Å². The van der Waals surface area contributed by atoms with E-state index in [1.54, 1.807) is 23.1 Å². The lowest BCUT2D eigenvalue weighted by molar-refractivity contribution is 0.0734. The molecule has 3 aromatic rings. The van der Waals surface area contributed by atoms with Gasteiger partial charge in [-0.05, 0) is 27.1 Å². The maximum Gasteiger partial charge on any atom is 0.266 e. The van der Waals surface area contributed by atoms with E-state index in [0.717, 1.165) is 10.6 Å². The summed E-state index contributed by atoms with van der Waals surface area (Å²) in [5.74, 6) is -0.404. The molecule has 4 nitrogen and oxygen atoms in total. The summed E-state index contributed by atoms with van der Waals surface area (Å²) in [4.78, 5) is 22.2. The quantitative estimate of drug-likeness (QED) is 0.591. The van der Waals surface area contributed by atoms with Crippen LogP contribution in [0.1, 0.15) is 20.9 Å². The van der Waals surface area contributed by atoms with Crippen LogP contribution in [-0.2, 0) is 6.54 Å². The number of aromatic nitrogens is 1. The first-order valence-electron chi connectivity index (χ1n) is 9.16. The number of aryl methyl sites for hydroxylation is 1. The third kappa shape index (κ3) is 4.82. The van der Waals surface area contributed by atoms with Gasteiger partial charge in [-0.1, -0.05) is 48.5 Å². The Bertz CT molecular complexity index is 940. The molecule has 2 aromatic carbocycles. The Balaban J connectivity index is 1.88. The van der Waals surface area contributed by atoms with Crippen molar-refractivity contribution in [1.29, 1.82) is 0 Å². The number of benzene rings is 2. The zero-order valence-electron chi connectivity index (χ0n) is 16.4. The van der Waals surface area contributed by atoms with Gasteiger partial charge in [-0.2, -0.15) is 0 Å². The fraction of sp³-hybridized carbons (Fsp3) is 0.273. The number of amides is 1. The van der Waals surface area contributed by atoms with Crippen molar-refractivity contribution in [1.82, 2.24) is 14.8 Å². The van der Waals surface area contributed by atoms with E-state index in [-0.39, 0.29) is 18.3 Å². The first-order chi connectivity index (χ1) is 13.5. The van der Waals surface area contributed by atoms with Crippen molar-refractivity contribution in [3.8, 4) is 10.6 Å². The van der Waals surface area contributed by atoms with Crippen molar-refractivity contribution < 1.29 is 9.18 Å². The van der Waals surface area contributed by atoms with Crippen LogP contribution in [-0.4, -0.2) is 47.9 Å². The highest BCUT2D eigenvalue weighted by molar-refractivity contribution is 7.17. The maximum absolute atomic E-state index is 14.2. The Morgan fingerprint density at radius 2 is 1.71 bits per heavy atom. The minimum Gasteiger partial charge on any atom is -0.332 e. The Labute approximate surface area is 169 Å². The largest absolute Gasteiger partial charge is 0.332 e. The second-order valence-electron chi connectivity index (χ2n) is 6.92. The third-order valence-electron chi connectivity index (χ3n) is 4.43. The summed E-state index contributed by atoms with van der Waals surface area (Å²) in [7, 11) is 3.91. The molecule has 1 heterocycles. The predicted octanol–water partition coefficient (Wildman–Crippen LogP) is 4.46. The van der Waals surface area contributed by atoms with Gasteiger partial charge in [0.2, 0.25) is 0 Å². The van der Waals surface area contributed by atoms with Crippen molar-refractivity contribution in [2.24, 2.45) is 0 Å². The predicted molar refractivity (Wildman–Crippen MR) is 112 cm³/mol. The van der Waals surface area contributed by atoms with Crippen LogP contribution in [0, 0.1) is 12.7 Å². The fourth-order valence-corrected chi connectivity index (χ4v) is 3.89. The molecule has 0 fully saturated rings. The average molecular weight is 398 g/mol. The Morgan fingerprint density at radius 3 is 2.39 bits per heavy atom. The van der Waals surface area contributed by atoms with Crippen LogP contribution in [0.4, 0.5) is 4.39 Å². The van der Waals surface area contributed by atoms with E-state index in [4.69, 9.17) is 0 Å². The van der Waals surface area contributed by atoms with E-state index in [9.17, 15) is 9.18 Å². The van der Waals surface area contributed by atoms with Crippen molar-refractivity contribution >= 4 is 17.2 Å². The molecule has 0 bridgehead atoms. The highest BCUT2D eigenvalue weighted by Crippen LogP contribution is 2.29. The maximum atomic E-state index is 14.2. The minimum absolute atomic E-state index is 0.109. The van der Waals surface area contributed by atoms with Gasteiger partial charge in [0, 0.05) is 30.8 Å². The summed E-state index contributed by atoms with van der Waals surface area (Å²) >= 11 is 1.39. The summed E-state index contributed by atoms with van der Waals surface area (Å²) < 4.78 is 14.2. The van der Waals surface area contributed by atoms with Gasteiger partial charge in [0.1, 0.15) is 15.7 Å². The second kappa shape index (κ2) is 9.08. The Hall–Kier alpha value is -2.57. The first-order valence-corrected chi connectivity index (χ1v) is 9.97. The number of likely N-dealkylation sites (N-methyl/N-ethyl adjacent to an activating group) is 1. The van der Waals surface area contributed by atoms with Crippen LogP contribution >= 0.6 is 11.3 Å². The molecule has 0 saturated carbocycles.